The molecule has 2 aromatic carbocycles. The zero-order valence-corrected chi connectivity index (χ0v) is 15.5. The molecule has 0 aliphatic rings. The normalized spacial score (nSPS) is 10.7. The summed E-state index contributed by atoms with van der Waals surface area (Å²) in [4.78, 5) is 16.8. The predicted octanol–water partition coefficient (Wildman–Crippen LogP) is 4.49. The van der Waals surface area contributed by atoms with E-state index in [2.05, 4.69) is 60.5 Å². The zero-order valence-electron chi connectivity index (χ0n) is 15.5. The molecule has 0 aliphatic heterocycles. The van der Waals surface area contributed by atoms with E-state index in [0.717, 1.165) is 18.4 Å². The summed E-state index contributed by atoms with van der Waals surface area (Å²) in [5, 5.41) is 2.92. The molecule has 1 aromatic heterocycles. The van der Waals surface area contributed by atoms with Crippen molar-refractivity contribution < 1.29 is 9.21 Å². The van der Waals surface area contributed by atoms with E-state index in [1.54, 1.807) is 6.92 Å². The van der Waals surface area contributed by atoms with Gasteiger partial charge in [0.05, 0.1) is 0 Å². The van der Waals surface area contributed by atoms with Crippen LogP contribution < -0.4 is 5.32 Å². The summed E-state index contributed by atoms with van der Waals surface area (Å²) < 4.78 is 5.70. The van der Waals surface area contributed by atoms with E-state index in [4.69, 9.17) is 4.42 Å². The van der Waals surface area contributed by atoms with Crippen LogP contribution in [0.25, 0.3) is 11.5 Å². The van der Waals surface area contributed by atoms with Gasteiger partial charge in [-0.3, -0.25) is 4.79 Å². The Balaban J connectivity index is 1.63. The first kappa shape index (κ1) is 17.9. The van der Waals surface area contributed by atoms with E-state index in [1.165, 1.54) is 16.7 Å². The van der Waals surface area contributed by atoms with Gasteiger partial charge in [0.15, 0.2) is 5.69 Å². The Morgan fingerprint density at radius 2 is 1.65 bits per heavy atom. The fourth-order valence-corrected chi connectivity index (χ4v) is 2.77. The van der Waals surface area contributed by atoms with Crippen molar-refractivity contribution in [3.63, 3.8) is 0 Å². The molecule has 0 bridgehead atoms. The van der Waals surface area contributed by atoms with E-state index in [9.17, 15) is 4.79 Å². The topological polar surface area (TPSA) is 55.1 Å². The van der Waals surface area contributed by atoms with Crippen molar-refractivity contribution in [3.05, 3.63) is 76.7 Å². The van der Waals surface area contributed by atoms with Gasteiger partial charge in [-0.05, 0) is 49.9 Å². The maximum atomic E-state index is 12.4. The number of hydrogen-bond donors (Lipinski definition) is 1. The van der Waals surface area contributed by atoms with Gasteiger partial charge in [0.2, 0.25) is 5.89 Å². The molecule has 0 radical (unpaired) electrons. The largest absolute Gasteiger partial charge is 0.441 e. The number of nitrogens with one attached hydrogen (secondary N) is 1. The lowest BCUT2D eigenvalue weighted by Crippen LogP contribution is -2.26. The van der Waals surface area contributed by atoms with Gasteiger partial charge >= 0.3 is 0 Å². The molecule has 1 N–H and O–H groups in total. The third kappa shape index (κ3) is 4.20. The molecule has 0 saturated carbocycles. The van der Waals surface area contributed by atoms with Gasteiger partial charge in [-0.2, -0.15) is 0 Å². The Kier molecular flexibility index (Phi) is 5.52. The van der Waals surface area contributed by atoms with Crippen LogP contribution in [0.2, 0.25) is 0 Å². The maximum Gasteiger partial charge on any atom is 0.273 e. The number of amides is 1. The molecule has 134 valence electrons. The summed E-state index contributed by atoms with van der Waals surface area (Å²) in [5.74, 6) is 0.816. The van der Waals surface area contributed by atoms with Gasteiger partial charge in [-0.25, -0.2) is 4.98 Å². The van der Waals surface area contributed by atoms with Gasteiger partial charge in [0, 0.05) is 12.1 Å². The van der Waals surface area contributed by atoms with Crippen LogP contribution in [-0.4, -0.2) is 17.4 Å². The number of rotatable bonds is 6. The molecule has 0 saturated heterocycles. The number of aromatic nitrogens is 1. The second kappa shape index (κ2) is 8.00. The molecule has 4 heteroatoms. The molecule has 0 atom stereocenters. The summed E-state index contributed by atoms with van der Waals surface area (Å²) in [6, 6.07) is 16.4. The lowest BCUT2D eigenvalue weighted by molar-refractivity contribution is 0.0948. The van der Waals surface area contributed by atoms with Crippen LogP contribution in [0.1, 0.15) is 39.9 Å². The molecule has 3 rings (SSSR count). The molecular weight excluding hydrogens is 324 g/mol. The number of benzene rings is 2. The van der Waals surface area contributed by atoms with E-state index in [-0.39, 0.29) is 5.91 Å². The van der Waals surface area contributed by atoms with Crippen LogP contribution in [0, 0.1) is 13.8 Å². The van der Waals surface area contributed by atoms with Crippen molar-refractivity contribution in [1.82, 2.24) is 10.3 Å². The molecule has 0 fully saturated rings. The zero-order chi connectivity index (χ0) is 18.5. The average Bonchev–Trinajstić information content (AvgIpc) is 3.05. The van der Waals surface area contributed by atoms with E-state index in [0.29, 0.717) is 23.9 Å². The number of aryl methyl sites for hydroxylation is 3. The number of hydrogen-bond acceptors (Lipinski definition) is 3. The molecule has 26 heavy (non-hydrogen) atoms. The minimum Gasteiger partial charge on any atom is -0.441 e. The summed E-state index contributed by atoms with van der Waals surface area (Å²) >= 11 is 0. The van der Waals surface area contributed by atoms with Crippen LogP contribution >= 0.6 is 0 Å². The summed E-state index contributed by atoms with van der Waals surface area (Å²) in [7, 11) is 0. The Morgan fingerprint density at radius 1 is 1.00 bits per heavy atom. The van der Waals surface area contributed by atoms with Gasteiger partial charge in [-0.15, -0.1) is 0 Å². The Labute approximate surface area is 154 Å². The molecule has 0 aliphatic carbocycles. The van der Waals surface area contributed by atoms with Gasteiger partial charge < -0.3 is 9.73 Å². The third-order valence-corrected chi connectivity index (χ3v) is 4.44. The van der Waals surface area contributed by atoms with Crippen molar-refractivity contribution in [3.8, 4) is 11.5 Å². The molecule has 4 nitrogen and oxygen atoms in total. The second-order valence-corrected chi connectivity index (χ2v) is 6.47. The fraction of sp³-hybridized carbons (Fsp3) is 0.273. The lowest BCUT2D eigenvalue weighted by atomic mass is 10.1. The molecule has 1 amide bonds. The van der Waals surface area contributed by atoms with E-state index < -0.39 is 0 Å². The van der Waals surface area contributed by atoms with Crippen LogP contribution in [0.5, 0.6) is 0 Å². The van der Waals surface area contributed by atoms with Crippen LogP contribution in [-0.2, 0) is 12.8 Å². The van der Waals surface area contributed by atoms with Crippen molar-refractivity contribution in [2.45, 2.75) is 33.6 Å². The summed E-state index contributed by atoms with van der Waals surface area (Å²) in [5.41, 5.74) is 4.92. The highest BCUT2D eigenvalue weighted by Crippen LogP contribution is 2.22. The second-order valence-electron chi connectivity index (χ2n) is 6.47. The van der Waals surface area contributed by atoms with Crippen LogP contribution in [0.15, 0.2) is 52.9 Å². The molecular formula is C22H24N2O2. The highest BCUT2D eigenvalue weighted by atomic mass is 16.4. The summed E-state index contributed by atoms with van der Waals surface area (Å²) in [6.07, 6.45) is 1.77. The first-order chi connectivity index (χ1) is 12.6. The predicted molar refractivity (Wildman–Crippen MR) is 103 cm³/mol. The SMILES string of the molecule is CCc1ccc(-c2nc(C(=O)NCCc3ccc(C)cc3)c(C)o2)cc1. The van der Waals surface area contributed by atoms with Crippen molar-refractivity contribution in [2.75, 3.05) is 6.54 Å². The molecule has 0 spiro atoms. The first-order valence-electron chi connectivity index (χ1n) is 8.97. The minimum absolute atomic E-state index is 0.199. The minimum atomic E-state index is -0.199. The Bertz CT molecular complexity index is 878. The van der Waals surface area contributed by atoms with Crippen LogP contribution in [0.3, 0.4) is 0 Å². The number of nitrogens with zero attached hydrogens (tertiary/aromatic N) is 1. The highest BCUT2D eigenvalue weighted by molar-refractivity contribution is 5.93. The Morgan fingerprint density at radius 3 is 2.31 bits per heavy atom. The number of oxazole rings is 1. The first-order valence-corrected chi connectivity index (χ1v) is 8.97. The van der Waals surface area contributed by atoms with Crippen molar-refractivity contribution in [2.24, 2.45) is 0 Å². The Hall–Kier alpha value is -2.88. The fourth-order valence-electron chi connectivity index (χ4n) is 2.77. The monoisotopic (exact) mass is 348 g/mol. The average molecular weight is 348 g/mol. The van der Waals surface area contributed by atoms with Crippen LogP contribution in [0.4, 0.5) is 0 Å². The molecule has 3 aromatic rings. The standard InChI is InChI=1S/C22H24N2O2/c1-4-17-9-11-19(12-10-17)22-24-20(16(3)26-22)21(25)23-14-13-18-7-5-15(2)6-8-18/h5-12H,4,13-14H2,1-3H3,(H,23,25). The van der Waals surface area contributed by atoms with Crippen molar-refractivity contribution >= 4 is 5.91 Å². The quantitative estimate of drug-likeness (QED) is 0.714. The smallest absolute Gasteiger partial charge is 0.273 e. The number of carbonyl (C=O) groups is 1. The highest BCUT2D eigenvalue weighted by Gasteiger charge is 2.17. The maximum absolute atomic E-state index is 12.4. The summed E-state index contributed by atoms with van der Waals surface area (Å²) in [6.45, 7) is 6.51. The van der Waals surface area contributed by atoms with Gasteiger partial charge in [0.25, 0.3) is 5.91 Å². The van der Waals surface area contributed by atoms with Gasteiger partial charge in [-0.1, -0.05) is 48.9 Å². The van der Waals surface area contributed by atoms with E-state index in [1.807, 2.05) is 12.1 Å². The van der Waals surface area contributed by atoms with Gasteiger partial charge in [0.1, 0.15) is 5.76 Å². The third-order valence-electron chi connectivity index (χ3n) is 4.44. The lowest BCUT2D eigenvalue weighted by Gasteiger charge is -2.04. The molecule has 1 heterocycles. The molecule has 0 unspecified atom stereocenters. The van der Waals surface area contributed by atoms with E-state index >= 15 is 0 Å². The number of carbonyl (C=O) groups excluding carboxylic acids is 1. The van der Waals surface area contributed by atoms with Crippen molar-refractivity contribution in [1.29, 1.82) is 0 Å².